The molecule has 0 atom stereocenters. The number of likely N-dealkylation sites (tertiary alicyclic amines) is 1. The van der Waals surface area contributed by atoms with Crippen molar-refractivity contribution >= 4 is 17.7 Å². The topological polar surface area (TPSA) is 69.6 Å². The van der Waals surface area contributed by atoms with Gasteiger partial charge in [-0.15, -0.1) is 0 Å². The first-order chi connectivity index (χ1) is 9.08. The molecule has 0 unspecified atom stereocenters. The minimum Gasteiger partial charge on any atom is -0.478 e. The molecule has 102 valence electrons. The van der Waals surface area contributed by atoms with E-state index in [1.807, 2.05) is 0 Å². The van der Waals surface area contributed by atoms with Crippen molar-refractivity contribution in [2.75, 3.05) is 18.4 Å². The molecule has 1 aliphatic rings. The summed E-state index contributed by atoms with van der Waals surface area (Å²) in [5, 5.41) is 11.8. The molecule has 0 spiro atoms. The molecule has 0 aliphatic carbocycles. The van der Waals surface area contributed by atoms with E-state index in [-0.39, 0.29) is 11.6 Å². The SMILES string of the molecule is Cc1ccc(NC(=O)N2CCCCC2)cc1C(=O)O. The minimum absolute atomic E-state index is 0.153. The van der Waals surface area contributed by atoms with E-state index in [1.165, 1.54) is 6.07 Å². The van der Waals surface area contributed by atoms with Crippen molar-refractivity contribution in [2.24, 2.45) is 0 Å². The van der Waals surface area contributed by atoms with Crippen LogP contribution >= 0.6 is 0 Å². The average molecular weight is 262 g/mol. The number of carbonyl (C=O) groups is 2. The number of anilines is 1. The molecule has 2 rings (SSSR count). The lowest BCUT2D eigenvalue weighted by Gasteiger charge is -2.26. The van der Waals surface area contributed by atoms with Gasteiger partial charge in [-0.2, -0.15) is 0 Å². The molecule has 19 heavy (non-hydrogen) atoms. The standard InChI is InChI=1S/C14H18N2O3/c1-10-5-6-11(9-12(10)13(17)18)15-14(19)16-7-3-2-4-8-16/h5-6,9H,2-4,7-8H2,1H3,(H,15,19)(H,17,18). The smallest absolute Gasteiger partial charge is 0.336 e. The van der Waals surface area contributed by atoms with Crippen LogP contribution in [0.5, 0.6) is 0 Å². The van der Waals surface area contributed by atoms with Gasteiger partial charge in [0.15, 0.2) is 0 Å². The second-order valence-electron chi connectivity index (χ2n) is 4.81. The fourth-order valence-corrected chi connectivity index (χ4v) is 2.23. The summed E-state index contributed by atoms with van der Waals surface area (Å²) in [6, 6.07) is 4.78. The first-order valence-corrected chi connectivity index (χ1v) is 6.48. The van der Waals surface area contributed by atoms with Crippen LogP contribution in [-0.2, 0) is 0 Å². The molecule has 1 saturated heterocycles. The van der Waals surface area contributed by atoms with Gasteiger partial charge < -0.3 is 15.3 Å². The summed E-state index contributed by atoms with van der Waals surface area (Å²) >= 11 is 0. The number of amides is 2. The van der Waals surface area contributed by atoms with E-state index in [0.717, 1.165) is 32.4 Å². The van der Waals surface area contributed by atoms with Crippen LogP contribution in [0.2, 0.25) is 0 Å². The largest absolute Gasteiger partial charge is 0.478 e. The number of rotatable bonds is 2. The van der Waals surface area contributed by atoms with E-state index in [4.69, 9.17) is 5.11 Å². The maximum absolute atomic E-state index is 12.0. The summed E-state index contributed by atoms with van der Waals surface area (Å²) < 4.78 is 0. The maximum Gasteiger partial charge on any atom is 0.336 e. The second-order valence-corrected chi connectivity index (χ2v) is 4.81. The van der Waals surface area contributed by atoms with Gasteiger partial charge in [0.2, 0.25) is 0 Å². The first kappa shape index (κ1) is 13.4. The molecule has 1 aliphatic heterocycles. The molecule has 5 heteroatoms. The highest BCUT2D eigenvalue weighted by molar-refractivity contribution is 5.94. The highest BCUT2D eigenvalue weighted by Crippen LogP contribution is 2.17. The second kappa shape index (κ2) is 5.73. The van der Waals surface area contributed by atoms with Crippen molar-refractivity contribution in [2.45, 2.75) is 26.2 Å². The molecule has 2 amide bonds. The highest BCUT2D eigenvalue weighted by atomic mass is 16.4. The summed E-state index contributed by atoms with van der Waals surface area (Å²) in [4.78, 5) is 24.8. The quantitative estimate of drug-likeness (QED) is 0.861. The van der Waals surface area contributed by atoms with Crippen molar-refractivity contribution in [1.29, 1.82) is 0 Å². The number of carbonyl (C=O) groups excluding carboxylic acids is 1. The van der Waals surface area contributed by atoms with Crippen LogP contribution in [0.15, 0.2) is 18.2 Å². The lowest BCUT2D eigenvalue weighted by atomic mass is 10.1. The third kappa shape index (κ3) is 3.24. The number of hydrogen-bond donors (Lipinski definition) is 2. The molecule has 1 heterocycles. The van der Waals surface area contributed by atoms with Gasteiger partial charge in [-0.25, -0.2) is 9.59 Å². The third-order valence-corrected chi connectivity index (χ3v) is 3.36. The van der Waals surface area contributed by atoms with E-state index < -0.39 is 5.97 Å². The van der Waals surface area contributed by atoms with Crippen molar-refractivity contribution in [1.82, 2.24) is 4.90 Å². The minimum atomic E-state index is -0.980. The van der Waals surface area contributed by atoms with Gasteiger partial charge in [0, 0.05) is 18.8 Å². The molecule has 2 N–H and O–H groups in total. The number of aryl methyl sites for hydroxylation is 1. The number of nitrogens with one attached hydrogen (secondary N) is 1. The van der Waals surface area contributed by atoms with Crippen LogP contribution < -0.4 is 5.32 Å². The van der Waals surface area contributed by atoms with Crippen LogP contribution in [-0.4, -0.2) is 35.1 Å². The van der Waals surface area contributed by atoms with Gasteiger partial charge in [0.1, 0.15) is 0 Å². The molecule has 0 radical (unpaired) electrons. The monoisotopic (exact) mass is 262 g/mol. The Morgan fingerprint density at radius 3 is 2.53 bits per heavy atom. The highest BCUT2D eigenvalue weighted by Gasteiger charge is 2.17. The number of nitrogens with zero attached hydrogens (tertiary/aromatic N) is 1. The lowest BCUT2D eigenvalue weighted by molar-refractivity contribution is 0.0696. The summed E-state index contributed by atoms with van der Waals surface area (Å²) in [6.45, 7) is 3.27. The van der Waals surface area contributed by atoms with Crippen molar-refractivity contribution in [3.63, 3.8) is 0 Å². The summed E-state index contributed by atoms with van der Waals surface area (Å²) in [5.41, 5.74) is 1.43. The zero-order chi connectivity index (χ0) is 13.8. The van der Waals surface area contributed by atoms with E-state index in [0.29, 0.717) is 11.3 Å². The Labute approximate surface area is 112 Å². The van der Waals surface area contributed by atoms with Crippen LogP contribution in [0.1, 0.15) is 35.2 Å². The molecule has 0 bridgehead atoms. The fraction of sp³-hybridized carbons (Fsp3) is 0.429. The van der Waals surface area contributed by atoms with Gasteiger partial charge in [0.25, 0.3) is 0 Å². The maximum atomic E-state index is 12.0. The number of piperidine rings is 1. The van der Waals surface area contributed by atoms with E-state index in [9.17, 15) is 9.59 Å². The summed E-state index contributed by atoms with van der Waals surface area (Å²) in [5.74, 6) is -0.980. The molecule has 1 aromatic carbocycles. The van der Waals surface area contributed by atoms with Gasteiger partial charge >= 0.3 is 12.0 Å². The summed E-state index contributed by atoms with van der Waals surface area (Å²) in [7, 11) is 0. The van der Waals surface area contributed by atoms with E-state index in [1.54, 1.807) is 24.0 Å². The number of hydrogen-bond acceptors (Lipinski definition) is 2. The van der Waals surface area contributed by atoms with Crippen molar-refractivity contribution < 1.29 is 14.7 Å². The molecular weight excluding hydrogens is 244 g/mol. The van der Waals surface area contributed by atoms with Crippen LogP contribution in [0.25, 0.3) is 0 Å². The molecule has 0 saturated carbocycles. The fourth-order valence-electron chi connectivity index (χ4n) is 2.23. The number of carboxylic acids is 1. The third-order valence-electron chi connectivity index (χ3n) is 3.36. The Balaban J connectivity index is 2.08. The average Bonchev–Trinajstić information content (AvgIpc) is 2.41. The Hall–Kier alpha value is -2.04. The zero-order valence-corrected chi connectivity index (χ0v) is 11.0. The van der Waals surface area contributed by atoms with Gasteiger partial charge in [-0.05, 0) is 43.9 Å². The zero-order valence-electron chi connectivity index (χ0n) is 11.0. The normalized spacial score (nSPS) is 15.1. The molecule has 1 aromatic rings. The molecular formula is C14H18N2O3. The Kier molecular flexibility index (Phi) is 4.04. The van der Waals surface area contributed by atoms with Crippen molar-refractivity contribution in [3.05, 3.63) is 29.3 Å². The Bertz CT molecular complexity index is 493. The number of carboxylic acid groups (broad SMARTS) is 1. The van der Waals surface area contributed by atoms with Gasteiger partial charge in [0.05, 0.1) is 5.56 Å². The predicted molar refractivity (Wildman–Crippen MR) is 72.6 cm³/mol. The van der Waals surface area contributed by atoms with Gasteiger partial charge in [-0.3, -0.25) is 0 Å². The number of urea groups is 1. The first-order valence-electron chi connectivity index (χ1n) is 6.48. The Morgan fingerprint density at radius 2 is 1.89 bits per heavy atom. The predicted octanol–water partition coefficient (Wildman–Crippen LogP) is 2.71. The molecule has 0 aromatic heterocycles. The van der Waals surface area contributed by atoms with Crippen LogP contribution in [0, 0.1) is 6.92 Å². The molecule has 1 fully saturated rings. The van der Waals surface area contributed by atoms with E-state index >= 15 is 0 Å². The Morgan fingerprint density at radius 1 is 1.21 bits per heavy atom. The van der Waals surface area contributed by atoms with Crippen LogP contribution in [0.4, 0.5) is 10.5 Å². The van der Waals surface area contributed by atoms with Crippen LogP contribution in [0.3, 0.4) is 0 Å². The summed E-state index contributed by atoms with van der Waals surface area (Å²) in [6.07, 6.45) is 3.22. The number of benzene rings is 1. The molecule has 5 nitrogen and oxygen atoms in total. The van der Waals surface area contributed by atoms with E-state index in [2.05, 4.69) is 5.32 Å². The lowest BCUT2D eigenvalue weighted by Crippen LogP contribution is -2.38. The van der Waals surface area contributed by atoms with Gasteiger partial charge in [-0.1, -0.05) is 6.07 Å². The van der Waals surface area contributed by atoms with Crippen molar-refractivity contribution in [3.8, 4) is 0 Å². The number of aromatic carboxylic acids is 1.